The summed E-state index contributed by atoms with van der Waals surface area (Å²) in [6.07, 6.45) is 0. The first-order valence-electron chi connectivity index (χ1n) is 21.6. The van der Waals surface area contributed by atoms with Gasteiger partial charge < -0.3 is 0 Å². The highest BCUT2D eigenvalue weighted by Crippen LogP contribution is 2.50. The van der Waals surface area contributed by atoms with E-state index >= 15 is 0 Å². The summed E-state index contributed by atoms with van der Waals surface area (Å²) in [5.41, 5.74) is 10.0. The number of benzene rings is 13. The summed E-state index contributed by atoms with van der Waals surface area (Å²) in [7, 11) is 0. The van der Waals surface area contributed by atoms with Crippen molar-refractivity contribution in [2.75, 3.05) is 0 Å². The Morgan fingerprint density at radius 2 is 0.387 bits per heavy atom. The van der Waals surface area contributed by atoms with E-state index < -0.39 is 0 Å². The molecule has 0 heterocycles. The van der Waals surface area contributed by atoms with Crippen molar-refractivity contribution in [1.82, 2.24) is 0 Å². The highest BCUT2D eigenvalue weighted by Gasteiger charge is 2.22. The molecule has 0 heteroatoms. The van der Waals surface area contributed by atoms with E-state index in [1.54, 1.807) is 0 Å². The molecule has 0 bridgehead atoms. The van der Waals surface area contributed by atoms with Gasteiger partial charge in [-0.15, -0.1) is 0 Å². The molecule has 0 fully saturated rings. The van der Waals surface area contributed by atoms with Crippen LogP contribution in [-0.2, 0) is 0 Å². The predicted molar refractivity (Wildman–Crippen MR) is 268 cm³/mol. The van der Waals surface area contributed by atoms with Gasteiger partial charge in [-0.05, 0) is 143 Å². The maximum absolute atomic E-state index is 2.39. The molecule has 0 aliphatic rings. The molecule has 62 heavy (non-hydrogen) atoms. The third-order valence-electron chi connectivity index (χ3n) is 13.4. The predicted octanol–water partition coefficient (Wildman–Crippen LogP) is 17.6. The molecule has 0 radical (unpaired) electrons. The van der Waals surface area contributed by atoms with Crippen LogP contribution in [0.1, 0.15) is 0 Å². The van der Waals surface area contributed by atoms with Gasteiger partial charge in [0.05, 0.1) is 0 Å². The lowest BCUT2D eigenvalue weighted by atomic mass is 9.81. The average Bonchev–Trinajstić information content (AvgIpc) is 3.35. The second-order valence-electron chi connectivity index (χ2n) is 16.6. The zero-order valence-electron chi connectivity index (χ0n) is 33.9. The maximum atomic E-state index is 2.39. The third kappa shape index (κ3) is 5.14. The molecule has 0 atom stereocenters. The molecule has 0 aromatic heterocycles. The first-order chi connectivity index (χ1) is 30.8. The Bertz CT molecular complexity index is 3720. The second-order valence-corrected chi connectivity index (χ2v) is 16.6. The Morgan fingerprint density at radius 1 is 0.145 bits per heavy atom. The molecule has 0 aliphatic carbocycles. The van der Waals surface area contributed by atoms with Crippen LogP contribution in [0, 0.1) is 0 Å². The largest absolute Gasteiger partial charge is 0.0616 e. The molecule has 0 unspecified atom stereocenters. The minimum absolute atomic E-state index is 1.24. The van der Waals surface area contributed by atoms with Crippen molar-refractivity contribution in [2.45, 2.75) is 0 Å². The minimum Gasteiger partial charge on any atom is -0.0616 e. The quantitative estimate of drug-likeness (QED) is 0.156. The molecular weight excluding hydrogens is 745 g/mol. The third-order valence-corrected chi connectivity index (χ3v) is 13.4. The molecule has 13 rings (SSSR count). The Hall–Kier alpha value is -8.06. The fourth-order valence-electron chi connectivity index (χ4n) is 10.8. The molecule has 0 saturated carbocycles. The standard InChI is InChI=1S/C62H38/c1-3-19-41-39(17-1)37-59(51-25-7-5-21-43(41)51)53-33-13-31-49-45(53)29-15-35-57(49)61-55-27-11-9-23-47(55)48-24-10-12-28-56(48)62(61)58-36-16-30-46-50(58)32-14-34-54(46)60-38-40-18-2-4-20-42(40)44-22-6-8-26-52(44)60/h1-38H. The van der Waals surface area contributed by atoms with Crippen LogP contribution < -0.4 is 0 Å². The summed E-state index contributed by atoms with van der Waals surface area (Å²) in [6, 6.07) is 85.8. The molecule has 0 saturated heterocycles. The van der Waals surface area contributed by atoms with Crippen molar-refractivity contribution < 1.29 is 0 Å². The van der Waals surface area contributed by atoms with E-state index in [9.17, 15) is 0 Å². The fraction of sp³-hybridized carbons (Fsp3) is 0. The van der Waals surface area contributed by atoms with Crippen molar-refractivity contribution in [3.8, 4) is 44.5 Å². The molecule has 0 amide bonds. The highest BCUT2D eigenvalue weighted by molar-refractivity contribution is 6.27. The number of fused-ring (bicyclic) bond motifs is 11. The Morgan fingerprint density at radius 3 is 0.774 bits per heavy atom. The summed E-state index contributed by atoms with van der Waals surface area (Å²) in [6.45, 7) is 0. The smallest absolute Gasteiger partial charge is 0.00139 e. The molecular formula is C62H38. The van der Waals surface area contributed by atoms with Crippen molar-refractivity contribution in [2.24, 2.45) is 0 Å². The molecule has 13 aromatic rings. The van der Waals surface area contributed by atoms with Crippen LogP contribution in [0.3, 0.4) is 0 Å². The van der Waals surface area contributed by atoms with Gasteiger partial charge in [0.15, 0.2) is 0 Å². The van der Waals surface area contributed by atoms with E-state index in [4.69, 9.17) is 0 Å². The number of hydrogen-bond donors (Lipinski definition) is 0. The van der Waals surface area contributed by atoms with Crippen LogP contribution in [0.2, 0.25) is 0 Å². The van der Waals surface area contributed by atoms with E-state index in [-0.39, 0.29) is 0 Å². The monoisotopic (exact) mass is 782 g/mol. The lowest BCUT2D eigenvalue weighted by Crippen LogP contribution is -1.94. The van der Waals surface area contributed by atoms with E-state index in [2.05, 4.69) is 231 Å². The minimum atomic E-state index is 1.24. The molecule has 0 nitrogen and oxygen atoms in total. The molecule has 0 N–H and O–H groups in total. The van der Waals surface area contributed by atoms with E-state index in [1.807, 2.05) is 0 Å². The van der Waals surface area contributed by atoms with Gasteiger partial charge in [-0.3, -0.25) is 0 Å². The van der Waals surface area contributed by atoms with Crippen molar-refractivity contribution in [3.05, 3.63) is 231 Å². The SMILES string of the molecule is c1ccc2c(c1)cc(-c1cccc3c(-c4c(-c5cccc6c(-c7cc8ccccc8c8ccccc78)cccc56)c5ccccc5c5ccccc45)cccc13)c1ccccc12. The molecule has 0 aliphatic heterocycles. The lowest BCUT2D eigenvalue weighted by molar-refractivity contribution is 1.66. The zero-order chi connectivity index (χ0) is 40.7. The summed E-state index contributed by atoms with van der Waals surface area (Å²) in [5, 5.41) is 20.2. The number of hydrogen-bond acceptors (Lipinski definition) is 0. The van der Waals surface area contributed by atoms with Gasteiger partial charge in [0.1, 0.15) is 0 Å². The first kappa shape index (κ1) is 34.8. The van der Waals surface area contributed by atoms with Gasteiger partial charge in [-0.1, -0.05) is 218 Å². The van der Waals surface area contributed by atoms with Crippen LogP contribution >= 0.6 is 0 Å². The average molecular weight is 783 g/mol. The van der Waals surface area contributed by atoms with Gasteiger partial charge >= 0.3 is 0 Å². The van der Waals surface area contributed by atoms with Gasteiger partial charge in [0.25, 0.3) is 0 Å². The van der Waals surface area contributed by atoms with E-state index in [1.165, 1.54) is 131 Å². The maximum Gasteiger partial charge on any atom is -0.00139 e. The van der Waals surface area contributed by atoms with E-state index in [0.717, 1.165) is 0 Å². The summed E-state index contributed by atoms with van der Waals surface area (Å²) in [5.74, 6) is 0. The Labute approximate surface area is 359 Å². The van der Waals surface area contributed by atoms with E-state index in [0.29, 0.717) is 0 Å². The second kappa shape index (κ2) is 13.7. The van der Waals surface area contributed by atoms with Crippen LogP contribution in [0.4, 0.5) is 0 Å². The summed E-state index contributed by atoms with van der Waals surface area (Å²) in [4.78, 5) is 0. The van der Waals surface area contributed by atoms with Gasteiger partial charge in [-0.25, -0.2) is 0 Å². The zero-order valence-corrected chi connectivity index (χ0v) is 33.9. The fourth-order valence-corrected chi connectivity index (χ4v) is 10.8. The summed E-state index contributed by atoms with van der Waals surface area (Å²) < 4.78 is 0. The molecule has 13 aromatic carbocycles. The van der Waals surface area contributed by atoms with Crippen molar-refractivity contribution >= 4 is 86.2 Å². The van der Waals surface area contributed by atoms with Gasteiger partial charge in [0.2, 0.25) is 0 Å². The number of rotatable bonds is 4. The normalized spacial score (nSPS) is 11.9. The van der Waals surface area contributed by atoms with Gasteiger partial charge in [-0.2, -0.15) is 0 Å². The first-order valence-corrected chi connectivity index (χ1v) is 21.6. The van der Waals surface area contributed by atoms with Crippen LogP contribution in [0.5, 0.6) is 0 Å². The van der Waals surface area contributed by atoms with Crippen LogP contribution in [-0.4, -0.2) is 0 Å². The Kier molecular flexibility index (Phi) is 7.71. The van der Waals surface area contributed by atoms with Crippen LogP contribution in [0.25, 0.3) is 131 Å². The van der Waals surface area contributed by atoms with Gasteiger partial charge in [0, 0.05) is 0 Å². The molecule has 0 spiro atoms. The lowest BCUT2D eigenvalue weighted by Gasteiger charge is -2.22. The Balaban J connectivity index is 1.12. The topological polar surface area (TPSA) is 0 Å². The van der Waals surface area contributed by atoms with Crippen molar-refractivity contribution in [3.63, 3.8) is 0 Å². The van der Waals surface area contributed by atoms with Crippen molar-refractivity contribution in [1.29, 1.82) is 0 Å². The highest BCUT2D eigenvalue weighted by atomic mass is 14.3. The summed E-state index contributed by atoms with van der Waals surface area (Å²) >= 11 is 0. The molecule has 286 valence electrons. The van der Waals surface area contributed by atoms with Crippen LogP contribution in [0.15, 0.2) is 231 Å².